The van der Waals surface area contributed by atoms with Crippen molar-refractivity contribution in [1.29, 1.82) is 0 Å². The van der Waals surface area contributed by atoms with E-state index in [1.807, 2.05) is 12.2 Å². The zero-order valence-electron chi connectivity index (χ0n) is 7.92. The van der Waals surface area contributed by atoms with E-state index in [0.29, 0.717) is 0 Å². The normalized spacial score (nSPS) is 10.1. The minimum absolute atomic E-state index is 0.929. The molecule has 0 amide bonds. The van der Waals surface area contributed by atoms with E-state index >= 15 is 0 Å². The Morgan fingerprint density at radius 3 is 1.87 bits per heavy atom. The first-order valence-electron chi connectivity index (χ1n) is 4.01. The van der Waals surface area contributed by atoms with Gasteiger partial charge in [0.1, 0.15) is 0 Å². The molecular weight excluding hydrogens is 284 g/mol. The van der Waals surface area contributed by atoms with E-state index in [-0.39, 0.29) is 0 Å². The smallest absolute Gasteiger partial charge is 0.130 e. The number of aromatic nitrogens is 2. The molecule has 0 aromatic carbocycles. The van der Waals surface area contributed by atoms with Crippen molar-refractivity contribution in [3.05, 3.63) is 25.3 Å². The molecule has 0 aliphatic heterocycles. The minimum Gasteiger partial charge on any atom is -0.130 e. The highest BCUT2D eigenvalue weighted by Gasteiger charge is 2.05. The SMILES string of the molecule is C=CCSSc1nnc(SSCC=C)s1. The molecule has 1 aromatic rings. The molecule has 82 valence electrons. The zero-order valence-corrected chi connectivity index (χ0v) is 12.0. The van der Waals surface area contributed by atoms with Gasteiger partial charge in [0.15, 0.2) is 8.68 Å². The number of rotatable bonds is 8. The van der Waals surface area contributed by atoms with Crippen LogP contribution in [0, 0.1) is 0 Å². The number of nitrogens with zero attached hydrogens (tertiary/aromatic N) is 2. The van der Waals surface area contributed by atoms with Gasteiger partial charge in [-0.25, -0.2) is 0 Å². The molecule has 0 aliphatic rings. The van der Waals surface area contributed by atoms with E-state index in [0.717, 1.165) is 20.2 Å². The topological polar surface area (TPSA) is 25.8 Å². The molecule has 0 aliphatic carbocycles. The molecule has 0 fully saturated rings. The highest BCUT2D eigenvalue weighted by atomic mass is 33.1. The Labute approximate surface area is 110 Å². The molecule has 1 heterocycles. The molecule has 1 aromatic heterocycles. The molecule has 1 rings (SSSR count). The van der Waals surface area contributed by atoms with Crippen LogP contribution in [0.5, 0.6) is 0 Å². The van der Waals surface area contributed by atoms with Crippen LogP contribution in [0.15, 0.2) is 34.0 Å². The summed E-state index contributed by atoms with van der Waals surface area (Å²) in [6.45, 7) is 7.33. The molecule has 0 radical (unpaired) electrons. The van der Waals surface area contributed by atoms with Crippen molar-refractivity contribution in [2.24, 2.45) is 0 Å². The molecule has 0 saturated heterocycles. The Balaban J connectivity index is 2.28. The Bertz CT molecular complexity index is 283. The Hall–Kier alpha value is 0.440. The lowest BCUT2D eigenvalue weighted by Gasteiger charge is -1.90. The number of hydrogen-bond donors (Lipinski definition) is 0. The van der Waals surface area contributed by atoms with E-state index in [1.165, 1.54) is 0 Å². The molecule has 0 saturated carbocycles. The molecule has 0 N–H and O–H groups in total. The first-order valence-corrected chi connectivity index (χ1v) is 9.46. The zero-order chi connectivity index (χ0) is 10.9. The van der Waals surface area contributed by atoms with Crippen molar-refractivity contribution in [2.75, 3.05) is 11.5 Å². The van der Waals surface area contributed by atoms with Crippen molar-refractivity contribution >= 4 is 54.5 Å². The van der Waals surface area contributed by atoms with Crippen molar-refractivity contribution in [3.8, 4) is 0 Å². The van der Waals surface area contributed by atoms with Crippen LogP contribution in [-0.4, -0.2) is 21.7 Å². The van der Waals surface area contributed by atoms with Crippen LogP contribution >= 0.6 is 54.5 Å². The van der Waals surface area contributed by atoms with Crippen molar-refractivity contribution < 1.29 is 0 Å². The average Bonchev–Trinajstić information content (AvgIpc) is 2.67. The Morgan fingerprint density at radius 2 is 1.47 bits per heavy atom. The van der Waals surface area contributed by atoms with E-state index in [2.05, 4.69) is 23.4 Å². The highest BCUT2D eigenvalue weighted by molar-refractivity contribution is 8.77. The Kier molecular flexibility index (Phi) is 7.72. The fourth-order valence-electron chi connectivity index (χ4n) is 0.530. The summed E-state index contributed by atoms with van der Waals surface area (Å²) >= 11 is 1.63. The van der Waals surface area contributed by atoms with Gasteiger partial charge in [0.2, 0.25) is 0 Å². The van der Waals surface area contributed by atoms with Crippen LogP contribution < -0.4 is 0 Å². The van der Waals surface area contributed by atoms with Gasteiger partial charge >= 0.3 is 0 Å². The molecule has 0 bridgehead atoms. The molecule has 2 nitrogen and oxygen atoms in total. The van der Waals surface area contributed by atoms with Gasteiger partial charge in [-0.05, 0) is 21.6 Å². The maximum absolute atomic E-state index is 4.08. The van der Waals surface area contributed by atoms with Crippen molar-refractivity contribution in [2.45, 2.75) is 8.68 Å². The van der Waals surface area contributed by atoms with E-state index in [9.17, 15) is 0 Å². The summed E-state index contributed by atoms with van der Waals surface area (Å²) in [6, 6.07) is 0. The van der Waals surface area contributed by atoms with Crippen LogP contribution in [0.4, 0.5) is 0 Å². The lowest BCUT2D eigenvalue weighted by molar-refractivity contribution is 0.959. The molecule has 0 spiro atoms. The number of hydrogen-bond acceptors (Lipinski definition) is 7. The minimum atomic E-state index is 0.929. The molecule has 15 heavy (non-hydrogen) atoms. The van der Waals surface area contributed by atoms with Crippen LogP contribution in [0.3, 0.4) is 0 Å². The fraction of sp³-hybridized carbons (Fsp3) is 0.250. The quantitative estimate of drug-likeness (QED) is 0.401. The summed E-state index contributed by atoms with van der Waals surface area (Å²) in [5, 5.41) is 8.17. The van der Waals surface area contributed by atoms with Crippen LogP contribution in [-0.2, 0) is 0 Å². The molecule has 0 unspecified atom stereocenters. The largest absolute Gasteiger partial charge is 0.185 e. The van der Waals surface area contributed by atoms with E-state index in [1.54, 1.807) is 54.5 Å². The predicted octanol–water partition coefficient (Wildman–Crippen LogP) is 4.39. The third kappa shape index (κ3) is 5.91. The summed E-state index contributed by atoms with van der Waals surface area (Å²) in [4.78, 5) is 0. The standard InChI is InChI=1S/C8H10N2S5/c1-3-5-11-14-7-9-10-8(13-7)15-12-6-4-2/h3-4H,1-2,5-6H2. The summed E-state index contributed by atoms with van der Waals surface area (Å²) < 4.78 is 2.01. The lowest BCUT2D eigenvalue weighted by atomic mass is 10.8. The molecule has 7 heteroatoms. The summed E-state index contributed by atoms with van der Waals surface area (Å²) in [5.41, 5.74) is 0. The maximum atomic E-state index is 4.08. The maximum Gasteiger partial charge on any atom is 0.185 e. The van der Waals surface area contributed by atoms with Crippen LogP contribution in [0.25, 0.3) is 0 Å². The monoisotopic (exact) mass is 294 g/mol. The van der Waals surface area contributed by atoms with Gasteiger partial charge in [-0.15, -0.1) is 23.4 Å². The van der Waals surface area contributed by atoms with Gasteiger partial charge in [0.25, 0.3) is 0 Å². The summed E-state index contributed by atoms with van der Waals surface area (Å²) in [6.07, 6.45) is 3.77. The molecule has 0 atom stereocenters. The van der Waals surface area contributed by atoms with Gasteiger partial charge in [-0.1, -0.05) is 45.1 Å². The van der Waals surface area contributed by atoms with Crippen molar-refractivity contribution in [1.82, 2.24) is 10.2 Å². The third-order valence-corrected chi connectivity index (χ3v) is 7.06. The first kappa shape index (κ1) is 13.5. The van der Waals surface area contributed by atoms with Gasteiger partial charge in [0.05, 0.1) is 0 Å². The summed E-state index contributed by atoms with van der Waals surface area (Å²) in [5.74, 6) is 1.86. The molecular formula is C8H10N2S5. The first-order chi connectivity index (χ1) is 7.36. The second kappa shape index (κ2) is 8.58. The third-order valence-electron chi connectivity index (χ3n) is 1.02. The van der Waals surface area contributed by atoms with Gasteiger partial charge in [-0.2, -0.15) is 0 Å². The fourth-order valence-corrected chi connectivity index (χ4v) is 5.69. The van der Waals surface area contributed by atoms with E-state index < -0.39 is 0 Å². The van der Waals surface area contributed by atoms with Gasteiger partial charge in [-0.3, -0.25) is 0 Å². The van der Waals surface area contributed by atoms with Crippen LogP contribution in [0.1, 0.15) is 0 Å². The highest BCUT2D eigenvalue weighted by Crippen LogP contribution is 2.39. The van der Waals surface area contributed by atoms with E-state index in [4.69, 9.17) is 0 Å². The van der Waals surface area contributed by atoms with Gasteiger partial charge in [0, 0.05) is 11.5 Å². The second-order valence-corrected chi connectivity index (χ2v) is 8.30. The van der Waals surface area contributed by atoms with Crippen LogP contribution in [0.2, 0.25) is 0 Å². The predicted molar refractivity (Wildman–Crippen MR) is 76.9 cm³/mol. The lowest BCUT2D eigenvalue weighted by Crippen LogP contribution is -1.69. The Morgan fingerprint density at radius 1 is 1.00 bits per heavy atom. The summed E-state index contributed by atoms with van der Waals surface area (Å²) in [7, 11) is 6.75. The van der Waals surface area contributed by atoms with Gasteiger partial charge < -0.3 is 0 Å². The average molecular weight is 295 g/mol. The van der Waals surface area contributed by atoms with Crippen molar-refractivity contribution in [3.63, 3.8) is 0 Å². The second-order valence-electron chi connectivity index (χ2n) is 2.15.